The molecule has 0 spiro atoms. The Hall–Kier alpha value is -4.18. The van der Waals surface area contributed by atoms with Crippen molar-refractivity contribution in [1.82, 2.24) is 20.0 Å². The number of piperazine rings is 1. The van der Waals surface area contributed by atoms with E-state index in [1.165, 1.54) is 38.2 Å². The monoisotopic (exact) mass is 750 g/mol. The minimum absolute atomic E-state index is 0.000105. The number of halogens is 1. The highest BCUT2D eigenvalue weighted by molar-refractivity contribution is 5.95. The summed E-state index contributed by atoms with van der Waals surface area (Å²) in [6.45, 7) is 7.21. The van der Waals surface area contributed by atoms with Gasteiger partial charge < -0.3 is 14.5 Å². The number of allylic oxidation sites excluding steroid dienone is 2. The molecular weight excluding hydrogens is 696 g/mol. The Labute approximate surface area is 323 Å². The average Bonchev–Trinajstić information content (AvgIpc) is 3.54. The van der Waals surface area contributed by atoms with E-state index >= 15 is 0 Å². The summed E-state index contributed by atoms with van der Waals surface area (Å²) in [6.07, 6.45) is 15.9. The second-order valence-electron chi connectivity index (χ2n) is 17.5. The summed E-state index contributed by atoms with van der Waals surface area (Å²) in [7, 11) is 0. The number of fused-ring (bicyclic) bond motifs is 6. The number of aromatic amines is 1. The summed E-state index contributed by atoms with van der Waals surface area (Å²) in [5.74, 6) is 2.04. The standard InChI is InChI=1S/C45H55FN4O5/c1-44-19-17-31(51)28-30(44)12-13-34-36-14-16-40(45(36,2)20-18-37(34)44)55-25-7-3-4-10-41(52)49-21-23-50(24-22-49)43(54)35-26-29(11-15-38(35)46)27-39-32-8-5-6-9-33(32)42(53)48-47-39/h5-6,8-9,11,15,17,19,26,30,34,36-37,40H,3-4,7,10,12-14,16,18,20-25,27-28H2,1-2H3,(H,48,53)/t30?,34-,36?,37?,40-,44-,45?/m0/s1. The minimum atomic E-state index is -0.585. The van der Waals surface area contributed by atoms with E-state index in [1.807, 2.05) is 23.1 Å². The Morgan fingerprint density at radius 2 is 1.69 bits per heavy atom. The molecular formula is C45H55FN4O5. The third-order valence-corrected chi connectivity index (χ3v) is 14.6. The fourth-order valence-electron chi connectivity index (χ4n) is 11.5. The van der Waals surface area contributed by atoms with Crippen LogP contribution in [0.25, 0.3) is 10.8 Å². The molecule has 1 aliphatic heterocycles. The maximum atomic E-state index is 15.0. The van der Waals surface area contributed by atoms with E-state index in [0.717, 1.165) is 50.0 Å². The molecule has 7 atom stereocenters. The number of hydrogen-bond acceptors (Lipinski definition) is 6. The molecule has 1 aromatic heterocycles. The molecule has 2 amide bonds. The zero-order valence-corrected chi connectivity index (χ0v) is 32.4. The Balaban J connectivity index is 0.764. The molecule has 10 heteroatoms. The first kappa shape index (κ1) is 37.7. The van der Waals surface area contributed by atoms with Crippen LogP contribution in [0, 0.1) is 40.3 Å². The number of nitrogens with one attached hydrogen (secondary N) is 1. The molecule has 5 aliphatic rings. The van der Waals surface area contributed by atoms with Crippen LogP contribution < -0.4 is 5.56 Å². The van der Waals surface area contributed by atoms with Gasteiger partial charge in [-0.1, -0.05) is 50.6 Å². The molecule has 55 heavy (non-hydrogen) atoms. The highest BCUT2D eigenvalue weighted by Crippen LogP contribution is 2.65. The number of hydrogen-bond donors (Lipinski definition) is 1. The maximum absolute atomic E-state index is 15.0. The molecule has 4 aliphatic carbocycles. The molecule has 3 saturated carbocycles. The van der Waals surface area contributed by atoms with Gasteiger partial charge in [-0.3, -0.25) is 19.2 Å². The van der Waals surface area contributed by atoms with Crippen LogP contribution in [0.3, 0.4) is 0 Å². The Morgan fingerprint density at radius 1 is 0.909 bits per heavy atom. The first-order valence-corrected chi connectivity index (χ1v) is 20.7. The molecule has 1 saturated heterocycles. The molecule has 1 N–H and O–H groups in total. The van der Waals surface area contributed by atoms with Crippen LogP contribution >= 0.6 is 0 Å². The van der Waals surface area contributed by atoms with Gasteiger partial charge in [-0.05, 0) is 116 Å². The van der Waals surface area contributed by atoms with Crippen LogP contribution in [0.5, 0.6) is 0 Å². The summed E-state index contributed by atoms with van der Waals surface area (Å²) >= 11 is 0. The van der Waals surface area contributed by atoms with Crippen LogP contribution in [-0.2, 0) is 20.7 Å². The minimum Gasteiger partial charge on any atom is -0.378 e. The van der Waals surface area contributed by atoms with Crippen molar-refractivity contribution in [3.63, 3.8) is 0 Å². The summed E-state index contributed by atoms with van der Waals surface area (Å²) in [5, 5.41) is 8.01. The van der Waals surface area contributed by atoms with E-state index < -0.39 is 5.82 Å². The van der Waals surface area contributed by atoms with Gasteiger partial charge in [0.15, 0.2) is 5.78 Å². The third-order valence-electron chi connectivity index (χ3n) is 14.6. The number of benzene rings is 2. The van der Waals surface area contributed by atoms with Crippen molar-refractivity contribution in [2.45, 2.75) is 97.0 Å². The number of rotatable bonds is 10. The van der Waals surface area contributed by atoms with Crippen LogP contribution in [0.4, 0.5) is 4.39 Å². The Morgan fingerprint density at radius 3 is 2.51 bits per heavy atom. The van der Waals surface area contributed by atoms with Crippen molar-refractivity contribution >= 4 is 28.4 Å². The van der Waals surface area contributed by atoms with E-state index in [0.29, 0.717) is 85.3 Å². The first-order valence-electron chi connectivity index (χ1n) is 20.7. The van der Waals surface area contributed by atoms with Gasteiger partial charge in [0.2, 0.25) is 5.91 Å². The van der Waals surface area contributed by atoms with Gasteiger partial charge in [-0.2, -0.15) is 5.10 Å². The third kappa shape index (κ3) is 7.20. The van der Waals surface area contributed by atoms with E-state index in [9.17, 15) is 23.6 Å². The number of carbonyl (C=O) groups excluding carboxylic acids is 3. The van der Waals surface area contributed by atoms with Gasteiger partial charge in [-0.25, -0.2) is 9.49 Å². The highest BCUT2D eigenvalue weighted by Gasteiger charge is 2.59. The number of nitrogens with zero attached hydrogens (tertiary/aromatic N) is 3. The SMILES string of the molecule is CC12CCC3[C@@H](CCC4CC(=O)C=C[C@@]43C)C1CC[C@@H]2OCCCCCC(=O)N1CCN(C(=O)c2cc(Cc3n[nH]c(=O)c4ccccc34)ccc2F)CC1. The topological polar surface area (TPSA) is 113 Å². The summed E-state index contributed by atoms with van der Waals surface area (Å²) < 4.78 is 21.6. The maximum Gasteiger partial charge on any atom is 0.272 e. The highest BCUT2D eigenvalue weighted by atomic mass is 19.1. The zero-order chi connectivity index (χ0) is 38.3. The number of unbranched alkanes of at least 4 members (excludes halogenated alkanes) is 2. The molecule has 8 rings (SSSR count). The van der Waals surface area contributed by atoms with Gasteiger partial charge in [-0.15, -0.1) is 0 Å². The second-order valence-corrected chi connectivity index (χ2v) is 17.5. The Bertz CT molecular complexity index is 2040. The lowest BCUT2D eigenvalue weighted by molar-refractivity contribution is -0.133. The first-order chi connectivity index (χ1) is 26.5. The van der Waals surface area contributed by atoms with E-state index in [4.69, 9.17) is 4.74 Å². The fourth-order valence-corrected chi connectivity index (χ4v) is 11.5. The molecule has 0 radical (unpaired) electrons. The summed E-state index contributed by atoms with van der Waals surface area (Å²) in [6, 6.07) is 11.7. The lowest BCUT2D eigenvalue weighted by Crippen LogP contribution is -2.53. The van der Waals surface area contributed by atoms with Gasteiger partial charge in [0.1, 0.15) is 5.82 Å². The normalized spacial score (nSPS) is 30.2. The van der Waals surface area contributed by atoms with Gasteiger partial charge in [0.05, 0.1) is 22.7 Å². The van der Waals surface area contributed by atoms with E-state index in [-0.39, 0.29) is 33.8 Å². The molecule has 0 bridgehead atoms. The summed E-state index contributed by atoms with van der Waals surface area (Å²) in [5.41, 5.74) is 1.47. The van der Waals surface area contributed by atoms with Crippen molar-refractivity contribution in [3.8, 4) is 0 Å². The molecule has 3 aromatic rings. The van der Waals surface area contributed by atoms with Crippen molar-refractivity contribution < 1.29 is 23.5 Å². The molecule has 2 heterocycles. The number of aromatic nitrogens is 2. The molecule has 4 unspecified atom stereocenters. The number of ketones is 1. The van der Waals surface area contributed by atoms with E-state index in [1.54, 1.807) is 29.2 Å². The van der Waals surface area contributed by atoms with Gasteiger partial charge in [0.25, 0.3) is 11.5 Å². The largest absolute Gasteiger partial charge is 0.378 e. The average molecular weight is 751 g/mol. The number of H-pyrrole nitrogens is 1. The van der Waals surface area contributed by atoms with Crippen molar-refractivity contribution in [2.75, 3.05) is 32.8 Å². The van der Waals surface area contributed by atoms with Gasteiger partial charge >= 0.3 is 0 Å². The molecule has 292 valence electrons. The van der Waals surface area contributed by atoms with Crippen LogP contribution in [-0.4, -0.2) is 76.5 Å². The second kappa shape index (κ2) is 15.4. The van der Waals surface area contributed by atoms with Gasteiger partial charge in [0, 0.05) is 57.4 Å². The lowest BCUT2D eigenvalue weighted by Gasteiger charge is -2.58. The fraction of sp³-hybridized carbons (Fsp3) is 0.578. The van der Waals surface area contributed by atoms with Crippen LogP contribution in [0.1, 0.15) is 106 Å². The summed E-state index contributed by atoms with van der Waals surface area (Å²) in [4.78, 5) is 54.4. The smallest absolute Gasteiger partial charge is 0.272 e. The molecule has 2 aromatic carbocycles. The van der Waals surface area contributed by atoms with Crippen LogP contribution in [0.15, 0.2) is 59.4 Å². The van der Waals surface area contributed by atoms with Crippen molar-refractivity contribution in [3.05, 3.63) is 87.6 Å². The quantitative estimate of drug-likeness (QED) is 0.218. The van der Waals surface area contributed by atoms with E-state index in [2.05, 4.69) is 30.1 Å². The lowest BCUT2D eigenvalue weighted by atomic mass is 9.46. The molecule has 4 fully saturated rings. The Kier molecular flexibility index (Phi) is 10.6. The van der Waals surface area contributed by atoms with Crippen molar-refractivity contribution in [1.29, 1.82) is 0 Å². The number of carbonyl (C=O) groups is 3. The number of ether oxygens (including phenoxy) is 1. The predicted octanol–water partition coefficient (Wildman–Crippen LogP) is 7.27. The number of amides is 2. The zero-order valence-electron chi connectivity index (χ0n) is 32.4. The van der Waals surface area contributed by atoms with Crippen molar-refractivity contribution in [2.24, 2.45) is 34.5 Å². The predicted molar refractivity (Wildman–Crippen MR) is 209 cm³/mol. The van der Waals surface area contributed by atoms with Crippen LogP contribution in [0.2, 0.25) is 0 Å². The molecule has 9 nitrogen and oxygen atoms in total.